The Balaban J connectivity index is 2.28. The first-order valence-electron chi connectivity index (χ1n) is 9.88. The van der Waals surface area contributed by atoms with Gasteiger partial charge in [-0.05, 0) is 46.1 Å². The zero-order chi connectivity index (χ0) is 22.9. The summed E-state index contributed by atoms with van der Waals surface area (Å²) in [6, 6.07) is 4.34. The molecule has 3 rings (SSSR count). The molecule has 9 heteroatoms. The second-order valence-corrected chi connectivity index (χ2v) is 7.71. The van der Waals surface area contributed by atoms with Crippen LogP contribution < -0.4 is 9.47 Å². The van der Waals surface area contributed by atoms with E-state index in [1.54, 1.807) is 32.0 Å². The molecule has 2 aromatic rings. The van der Waals surface area contributed by atoms with Gasteiger partial charge in [0.05, 0.1) is 37.1 Å². The van der Waals surface area contributed by atoms with Crippen LogP contribution in [0.2, 0.25) is 0 Å². The van der Waals surface area contributed by atoms with Crippen molar-refractivity contribution in [3.8, 4) is 11.5 Å². The van der Waals surface area contributed by atoms with E-state index in [1.165, 1.54) is 19.1 Å². The van der Waals surface area contributed by atoms with Gasteiger partial charge >= 0.3 is 0 Å². The maximum absolute atomic E-state index is 13.1. The molecule has 1 aliphatic rings. The summed E-state index contributed by atoms with van der Waals surface area (Å²) >= 11 is 0. The minimum atomic E-state index is -0.835. The molecule has 2 heterocycles. The summed E-state index contributed by atoms with van der Waals surface area (Å²) in [6.07, 6.45) is 0. The van der Waals surface area contributed by atoms with E-state index in [-0.39, 0.29) is 11.3 Å². The van der Waals surface area contributed by atoms with Gasteiger partial charge in [0.15, 0.2) is 0 Å². The first kappa shape index (κ1) is 22.4. The second kappa shape index (κ2) is 8.81. The number of aliphatic hydroxyl groups is 1. The van der Waals surface area contributed by atoms with E-state index >= 15 is 0 Å². The van der Waals surface area contributed by atoms with Crippen molar-refractivity contribution >= 4 is 17.4 Å². The average Bonchev–Trinajstić information content (AvgIpc) is 3.21. The molecule has 1 unspecified atom stereocenters. The average molecular weight is 428 g/mol. The summed E-state index contributed by atoms with van der Waals surface area (Å²) < 4.78 is 10.9. The van der Waals surface area contributed by atoms with Gasteiger partial charge < -0.3 is 24.4 Å². The molecule has 0 bridgehead atoms. The van der Waals surface area contributed by atoms with Gasteiger partial charge in [0.1, 0.15) is 17.3 Å². The van der Waals surface area contributed by atoms with Crippen molar-refractivity contribution in [3.63, 3.8) is 0 Å². The fourth-order valence-electron chi connectivity index (χ4n) is 3.83. The zero-order valence-electron chi connectivity index (χ0n) is 18.6. The van der Waals surface area contributed by atoms with E-state index < -0.39 is 17.7 Å². The Morgan fingerprint density at radius 3 is 2.48 bits per heavy atom. The minimum absolute atomic E-state index is 0.00269. The molecule has 1 aliphatic heterocycles. The molecule has 0 spiro atoms. The predicted octanol–water partition coefficient (Wildman–Crippen LogP) is 2.03. The number of likely N-dealkylation sites (tertiary alicyclic amines) is 1. The number of H-pyrrole nitrogens is 1. The van der Waals surface area contributed by atoms with Crippen LogP contribution in [0.15, 0.2) is 23.8 Å². The van der Waals surface area contributed by atoms with Crippen molar-refractivity contribution in [1.82, 2.24) is 20.0 Å². The van der Waals surface area contributed by atoms with Gasteiger partial charge in [-0.1, -0.05) is 0 Å². The summed E-state index contributed by atoms with van der Waals surface area (Å²) in [5.74, 6) is -0.647. The quantitative estimate of drug-likeness (QED) is 0.395. The van der Waals surface area contributed by atoms with Crippen molar-refractivity contribution in [3.05, 3.63) is 46.3 Å². The number of hydrogen-bond acceptors (Lipinski definition) is 7. The monoisotopic (exact) mass is 428 g/mol. The number of aliphatic hydroxyl groups excluding tert-OH is 1. The number of ketones is 1. The molecule has 0 aliphatic carbocycles. The molecule has 1 amide bonds. The van der Waals surface area contributed by atoms with Crippen molar-refractivity contribution < 1.29 is 24.2 Å². The predicted molar refractivity (Wildman–Crippen MR) is 115 cm³/mol. The maximum atomic E-state index is 13.1. The molecule has 0 radical (unpaired) electrons. The van der Waals surface area contributed by atoms with E-state index in [4.69, 9.17) is 9.47 Å². The summed E-state index contributed by atoms with van der Waals surface area (Å²) in [5, 5.41) is 18.1. The number of ether oxygens (including phenoxy) is 2. The Morgan fingerprint density at radius 2 is 1.94 bits per heavy atom. The molecule has 9 nitrogen and oxygen atoms in total. The molecule has 0 saturated carbocycles. The number of amides is 1. The second-order valence-electron chi connectivity index (χ2n) is 7.71. The molecule has 1 aromatic carbocycles. The number of aryl methyl sites for hydroxylation is 2. The summed E-state index contributed by atoms with van der Waals surface area (Å²) in [7, 11) is 6.82. The van der Waals surface area contributed by atoms with Crippen LogP contribution in [0, 0.1) is 13.8 Å². The van der Waals surface area contributed by atoms with Crippen LogP contribution in [-0.4, -0.2) is 78.2 Å². The maximum Gasteiger partial charge on any atom is 0.295 e. The van der Waals surface area contributed by atoms with Crippen LogP contribution in [0.5, 0.6) is 11.5 Å². The lowest BCUT2D eigenvalue weighted by Gasteiger charge is -2.28. The number of aromatic amines is 1. The van der Waals surface area contributed by atoms with Gasteiger partial charge in [0, 0.05) is 24.3 Å². The van der Waals surface area contributed by atoms with Crippen LogP contribution >= 0.6 is 0 Å². The summed E-state index contributed by atoms with van der Waals surface area (Å²) in [4.78, 5) is 29.5. The van der Waals surface area contributed by atoms with Gasteiger partial charge in [0.2, 0.25) is 0 Å². The highest BCUT2D eigenvalue weighted by atomic mass is 16.5. The first-order chi connectivity index (χ1) is 14.7. The Morgan fingerprint density at radius 1 is 1.23 bits per heavy atom. The molecule has 166 valence electrons. The molecular weight excluding hydrogens is 400 g/mol. The van der Waals surface area contributed by atoms with Crippen LogP contribution in [-0.2, 0) is 9.59 Å². The lowest BCUT2D eigenvalue weighted by Crippen LogP contribution is -2.35. The van der Waals surface area contributed by atoms with Gasteiger partial charge in [-0.2, -0.15) is 5.10 Å². The van der Waals surface area contributed by atoms with E-state index in [0.29, 0.717) is 47.1 Å². The Kier molecular flexibility index (Phi) is 6.35. The van der Waals surface area contributed by atoms with Crippen molar-refractivity contribution in [2.45, 2.75) is 19.9 Å². The summed E-state index contributed by atoms with van der Waals surface area (Å²) in [5.41, 5.74) is 2.11. The first-order valence-corrected chi connectivity index (χ1v) is 9.88. The Hall–Kier alpha value is -3.33. The number of carbonyl (C=O) groups excluding carboxylic acids is 2. The lowest BCUT2D eigenvalue weighted by molar-refractivity contribution is -0.140. The van der Waals surface area contributed by atoms with Gasteiger partial charge in [-0.15, -0.1) is 0 Å². The highest BCUT2D eigenvalue weighted by molar-refractivity contribution is 6.46. The third kappa shape index (κ3) is 4.00. The van der Waals surface area contributed by atoms with Crippen LogP contribution in [0.4, 0.5) is 0 Å². The number of nitrogens with zero attached hydrogens (tertiary/aromatic N) is 3. The fraction of sp³-hybridized carbons (Fsp3) is 0.409. The zero-order valence-corrected chi connectivity index (χ0v) is 18.6. The van der Waals surface area contributed by atoms with Crippen molar-refractivity contribution in [1.29, 1.82) is 0 Å². The van der Waals surface area contributed by atoms with E-state index in [9.17, 15) is 14.7 Å². The number of likely N-dealkylation sites (N-methyl/N-ethyl adjacent to an activating group) is 1. The number of Topliss-reactive ketones (excluding diaryl/α,β-unsaturated/α-hetero) is 1. The number of hydrogen-bond donors (Lipinski definition) is 2. The van der Waals surface area contributed by atoms with E-state index in [2.05, 4.69) is 10.2 Å². The van der Waals surface area contributed by atoms with Crippen LogP contribution in [0.1, 0.15) is 28.6 Å². The molecule has 31 heavy (non-hydrogen) atoms. The molecule has 1 aromatic heterocycles. The standard InChI is InChI=1S/C22H28N4O5/c1-12-17(13(2)24-23-12)20(27)18-19(15-11-14(30-5)7-8-16(15)31-6)26(10-9-25(3)4)22(29)21(18)28/h7-8,11,19,27H,9-10H2,1-6H3,(H,23,24). The van der Waals surface area contributed by atoms with Crippen molar-refractivity contribution in [2.24, 2.45) is 0 Å². The summed E-state index contributed by atoms with van der Waals surface area (Å²) in [6.45, 7) is 4.31. The third-order valence-electron chi connectivity index (χ3n) is 5.42. The number of nitrogens with one attached hydrogen (secondary N) is 1. The molecule has 1 atom stereocenters. The minimum Gasteiger partial charge on any atom is -0.507 e. The normalized spacial score (nSPS) is 18.2. The Labute approximate surface area is 181 Å². The third-order valence-corrected chi connectivity index (χ3v) is 5.42. The van der Waals surface area contributed by atoms with Gasteiger partial charge in [-0.3, -0.25) is 14.7 Å². The number of carbonyl (C=O) groups is 2. The molecular formula is C22H28N4O5. The smallest absolute Gasteiger partial charge is 0.295 e. The number of methoxy groups -OCH3 is 2. The number of aromatic nitrogens is 2. The highest BCUT2D eigenvalue weighted by Crippen LogP contribution is 2.44. The van der Waals surface area contributed by atoms with Gasteiger partial charge in [-0.25, -0.2) is 0 Å². The molecule has 1 fully saturated rings. The van der Waals surface area contributed by atoms with E-state index in [1.807, 2.05) is 19.0 Å². The topological polar surface area (TPSA) is 108 Å². The lowest BCUT2D eigenvalue weighted by atomic mass is 9.94. The van der Waals surface area contributed by atoms with Crippen molar-refractivity contribution in [2.75, 3.05) is 41.4 Å². The van der Waals surface area contributed by atoms with E-state index in [0.717, 1.165) is 0 Å². The molecule has 2 N–H and O–H groups in total. The number of rotatable bonds is 7. The molecule has 1 saturated heterocycles. The highest BCUT2D eigenvalue weighted by Gasteiger charge is 2.47. The van der Waals surface area contributed by atoms with Gasteiger partial charge in [0.25, 0.3) is 11.7 Å². The number of benzene rings is 1. The van der Waals surface area contributed by atoms with Crippen LogP contribution in [0.25, 0.3) is 5.76 Å². The SMILES string of the molecule is COc1ccc(OC)c(C2C(=C(O)c3c(C)n[nH]c3C)C(=O)C(=O)N2CCN(C)C)c1. The fourth-order valence-corrected chi connectivity index (χ4v) is 3.83. The largest absolute Gasteiger partial charge is 0.507 e. The Bertz CT molecular complexity index is 1020. The van der Waals surface area contributed by atoms with Crippen LogP contribution in [0.3, 0.4) is 0 Å².